The van der Waals surface area contributed by atoms with Crippen LogP contribution in [0.3, 0.4) is 0 Å². The molecule has 1 aromatic carbocycles. The topological polar surface area (TPSA) is 71.2 Å². The summed E-state index contributed by atoms with van der Waals surface area (Å²) in [5.41, 5.74) is 8.35. The van der Waals surface area contributed by atoms with E-state index in [-0.39, 0.29) is 12.1 Å². The van der Waals surface area contributed by atoms with Crippen LogP contribution in [0.15, 0.2) is 54.9 Å². The van der Waals surface area contributed by atoms with Crippen molar-refractivity contribution in [1.82, 2.24) is 10.3 Å². The first-order chi connectivity index (χ1) is 9.68. The third-order valence-electron chi connectivity index (χ3n) is 3.38. The summed E-state index contributed by atoms with van der Waals surface area (Å²) >= 11 is 0. The van der Waals surface area contributed by atoms with Gasteiger partial charge in [-0.3, -0.25) is 4.98 Å². The number of pyridine rings is 1. The van der Waals surface area contributed by atoms with Crippen molar-refractivity contribution in [2.75, 3.05) is 0 Å². The second kappa shape index (κ2) is 7.14. The standard InChI is InChI=1S/C16H21N3O/c1-12(20)15(17)16(14-5-3-2-4-6-14)19-11-13-7-9-18-10-8-13/h2-10,12,15-16,19-20H,11,17H2,1H3. The lowest BCUT2D eigenvalue weighted by Gasteiger charge is -2.27. The quantitative estimate of drug-likeness (QED) is 0.746. The third kappa shape index (κ3) is 3.87. The van der Waals surface area contributed by atoms with Gasteiger partial charge < -0.3 is 16.2 Å². The minimum atomic E-state index is -0.579. The predicted octanol–water partition coefficient (Wildman–Crippen LogP) is 1.62. The highest BCUT2D eigenvalue weighted by Gasteiger charge is 2.23. The Bertz CT molecular complexity index is 502. The van der Waals surface area contributed by atoms with Gasteiger partial charge in [0.25, 0.3) is 0 Å². The fourth-order valence-electron chi connectivity index (χ4n) is 2.14. The molecule has 0 spiro atoms. The van der Waals surface area contributed by atoms with Crippen molar-refractivity contribution in [1.29, 1.82) is 0 Å². The molecule has 0 saturated heterocycles. The first-order valence-electron chi connectivity index (χ1n) is 6.79. The lowest BCUT2D eigenvalue weighted by molar-refractivity contribution is 0.142. The van der Waals surface area contributed by atoms with Gasteiger partial charge in [-0.2, -0.15) is 0 Å². The van der Waals surface area contributed by atoms with E-state index in [9.17, 15) is 5.11 Å². The lowest BCUT2D eigenvalue weighted by Crippen LogP contribution is -2.44. The monoisotopic (exact) mass is 271 g/mol. The van der Waals surface area contributed by atoms with Crippen LogP contribution < -0.4 is 11.1 Å². The Balaban J connectivity index is 2.11. The average Bonchev–Trinajstić information content (AvgIpc) is 2.49. The molecule has 0 saturated carbocycles. The summed E-state index contributed by atoms with van der Waals surface area (Å²) in [6.07, 6.45) is 2.96. The molecular weight excluding hydrogens is 250 g/mol. The fourth-order valence-corrected chi connectivity index (χ4v) is 2.14. The highest BCUT2D eigenvalue weighted by atomic mass is 16.3. The maximum absolute atomic E-state index is 9.77. The number of aromatic nitrogens is 1. The van der Waals surface area contributed by atoms with Gasteiger partial charge in [0.15, 0.2) is 0 Å². The highest BCUT2D eigenvalue weighted by Crippen LogP contribution is 2.18. The Hall–Kier alpha value is -1.75. The number of aliphatic hydroxyl groups excluding tert-OH is 1. The van der Waals surface area contributed by atoms with Gasteiger partial charge in [0.05, 0.1) is 12.1 Å². The average molecular weight is 271 g/mol. The largest absolute Gasteiger partial charge is 0.392 e. The smallest absolute Gasteiger partial charge is 0.0681 e. The van der Waals surface area contributed by atoms with E-state index in [4.69, 9.17) is 5.73 Å². The molecule has 2 aromatic rings. The SMILES string of the molecule is CC(O)C(N)C(NCc1ccncc1)c1ccccc1. The first-order valence-corrected chi connectivity index (χ1v) is 6.79. The van der Waals surface area contributed by atoms with E-state index >= 15 is 0 Å². The summed E-state index contributed by atoms with van der Waals surface area (Å²) in [7, 11) is 0. The zero-order chi connectivity index (χ0) is 14.4. The molecule has 0 bridgehead atoms. The summed E-state index contributed by atoms with van der Waals surface area (Å²) in [6, 6.07) is 13.4. The van der Waals surface area contributed by atoms with E-state index in [2.05, 4.69) is 10.3 Å². The van der Waals surface area contributed by atoms with Gasteiger partial charge in [-0.15, -0.1) is 0 Å². The van der Waals surface area contributed by atoms with Crippen LogP contribution in [-0.4, -0.2) is 22.2 Å². The van der Waals surface area contributed by atoms with Crippen molar-refractivity contribution in [2.45, 2.75) is 31.7 Å². The Morgan fingerprint density at radius 1 is 1.15 bits per heavy atom. The van der Waals surface area contributed by atoms with Gasteiger partial charge in [-0.25, -0.2) is 0 Å². The summed E-state index contributed by atoms with van der Waals surface area (Å²) in [5.74, 6) is 0. The van der Waals surface area contributed by atoms with Crippen LogP contribution in [0, 0.1) is 0 Å². The van der Waals surface area contributed by atoms with Crippen LogP contribution in [0.4, 0.5) is 0 Å². The minimum absolute atomic E-state index is 0.0932. The molecule has 0 aliphatic rings. The highest BCUT2D eigenvalue weighted by molar-refractivity contribution is 5.21. The van der Waals surface area contributed by atoms with E-state index in [0.717, 1.165) is 11.1 Å². The van der Waals surface area contributed by atoms with Crippen molar-refractivity contribution in [3.05, 3.63) is 66.0 Å². The Kier molecular flexibility index (Phi) is 5.24. The Morgan fingerprint density at radius 2 is 1.80 bits per heavy atom. The number of aliphatic hydroxyl groups is 1. The molecular formula is C16H21N3O. The number of rotatable bonds is 6. The first kappa shape index (κ1) is 14.7. The molecule has 4 heteroatoms. The summed E-state index contributed by atoms with van der Waals surface area (Å²) < 4.78 is 0. The number of nitrogens with two attached hydrogens (primary N) is 1. The lowest BCUT2D eigenvalue weighted by atomic mass is 9.96. The van der Waals surface area contributed by atoms with E-state index in [0.29, 0.717) is 6.54 Å². The van der Waals surface area contributed by atoms with Gasteiger partial charge in [0.1, 0.15) is 0 Å². The van der Waals surface area contributed by atoms with Crippen molar-refractivity contribution in [3.8, 4) is 0 Å². The van der Waals surface area contributed by atoms with Crippen LogP contribution in [0.5, 0.6) is 0 Å². The van der Waals surface area contributed by atoms with Gasteiger partial charge in [0.2, 0.25) is 0 Å². The molecule has 0 aliphatic heterocycles. The molecule has 1 aromatic heterocycles. The second-order valence-electron chi connectivity index (χ2n) is 4.94. The van der Waals surface area contributed by atoms with Gasteiger partial charge in [-0.05, 0) is 30.2 Å². The van der Waals surface area contributed by atoms with Crippen LogP contribution in [0.25, 0.3) is 0 Å². The van der Waals surface area contributed by atoms with E-state index in [1.165, 1.54) is 0 Å². The van der Waals surface area contributed by atoms with Crippen molar-refractivity contribution in [3.63, 3.8) is 0 Å². The normalized spacial score (nSPS) is 15.6. The Labute approximate surface area is 119 Å². The molecule has 4 nitrogen and oxygen atoms in total. The van der Waals surface area contributed by atoms with Crippen LogP contribution in [-0.2, 0) is 6.54 Å². The second-order valence-corrected chi connectivity index (χ2v) is 4.94. The predicted molar refractivity (Wildman–Crippen MR) is 79.9 cm³/mol. The van der Waals surface area contributed by atoms with Crippen molar-refractivity contribution < 1.29 is 5.11 Å². The minimum Gasteiger partial charge on any atom is -0.392 e. The summed E-state index contributed by atoms with van der Waals surface area (Å²) in [6.45, 7) is 2.40. The zero-order valence-corrected chi connectivity index (χ0v) is 11.6. The molecule has 0 aliphatic carbocycles. The van der Waals surface area contributed by atoms with Crippen molar-refractivity contribution >= 4 is 0 Å². The van der Waals surface area contributed by atoms with Gasteiger partial charge in [-0.1, -0.05) is 30.3 Å². The molecule has 0 fully saturated rings. The summed E-state index contributed by atoms with van der Waals surface area (Å²) in [4.78, 5) is 4.00. The number of benzene rings is 1. The zero-order valence-electron chi connectivity index (χ0n) is 11.6. The molecule has 3 unspecified atom stereocenters. The maximum atomic E-state index is 9.77. The Morgan fingerprint density at radius 3 is 2.40 bits per heavy atom. The number of hydrogen-bond acceptors (Lipinski definition) is 4. The van der Waals surface area contributed by atoms with E-state index in [1.807, 2.05) is 42.5 Å². The number of nitrogens with one attached hydrogen (secondary N) is 1. The fraction of sp³-hybridized carbons (Fsp3) is 0.312. The molecule has 0 amide bonds. The summed E-state index contributed by atoms with van der Waals surface area (Å²) in [5, 5.41) is 13.2. The van der Waals surface area contributed by atoms with Gasteiger partial charge >= 0.3 is 0 Å². The molecule has 0 radical (unpaired) electrons. The van der Waals surface area contributed by atoms with Crippen LogP contribution in [0.2, 0.25) is 0 Å². The maximum Gasteiger partial charge on any atom is 0.0681 e. The molecule has 2 rings (SSSR count). The third-order valence-corrected chi connectivity index (χ3v) is 3.38. The molecule has 1 heterocycles. The number of hydrogen-bond donors (Lipinski definition) is 3. The van der Waals surface area contributed by atoms with Crippen LogP contribution >= 0.6 is 0 Å². The molecule has 20 heavy (non-hydrogen) atoms. The molecule has 106 valence electrons. The molecule has 3 atom stereocenters. The van der Waals surface area contributed by atoms with Crippen LogP contribution in [0.1, 0.15) is 24.1 Å². The van der Waals surface area contributed by atoms with E-state index in [1.54, 1.807) is 19.3 Å². The van der Waals surface area contributed by atoms with E-state index < -0.39 is 6.10 Å². The van der Waals surface area contributed by atoms with Gasteiger partial charge in [0, 0.05) is 25.0 Å². The number of nitrogens with zero attached hydrogens (tertiary/aromatic N) is 1. The van der Waals surface area contributed by atoms with Crippen molar-refractivity contribution in [2.24, 2.45) is 5.73 Å². The molecule has 4 N–H and O–H groups in total.